The van der Waals surface area contributed by atoms with E-state index >= 15 is 0 Å². The molecular weight excluding hydrogens is 342 g/mol. The number of hydrogen-bond donors (Lipinski definition) is 0. The Labute approximate surface area is 157 Å². The van der Waals surface area contributed by atoms with Crippen molar-refractivity contribution >= 4 is 12.0 Å². The molecule has 27 heavy (non-hydrogen) atoms. The van der Waals surface area contributed by atoms with Crippen LogP contribution in [0.5, 0.6) is 11.5 Å². The molecule has 1 aromatic heterocycles. The van der Waals surface area contributed by atoms with Crippen LogP contribution in [0.1, 0.15) is 11.1 Å². The third-order valence-electron chi connectivity index (χ3n) is 4.27. The number of benzene rings is 2. The normalized spacial score (nSPS) is 12.5. The van der Waals surface area contributed by atoms with Gasteiger partial charge in [0.25, 0.3) is 0 Å². The Morgan fingerprint density at radius 2 is 2.00 bits per heavy atom. The minimum absolute atomic E-state index is 0.0832. The quantitative estimate of drug-likeness (QED) is 0.655. The van der Waals surface area contributed by atoms with Crippen molar-refractivity contribution in [1.82, 2.24) is 14.7 Å². The molecule has 0 radical (unpaired) electrons. The lowest BCUT2D eigenvalue weighted by Crippen LogP contribution is -2.24. The Balaban J connectivity index is 1.39. The molecular formula is C21H19N3O3. The summed E-state index contributed by atoms with van der Waals surface area (Å²) in [5.41, 5.74) is 2.83. The SMILES string of the molecule is CN(Cc1ccc2c(c1)OCO2)C(=O)C=Cc1cnn(-c2ccccc2)c1. The van der Waals surface area contributed by atoms with E-state index < -0.39 is 0 Å². The fourth-order valence-electron chi connectivity index (χ4n) is 2.83. The lowest BCUT2D eigenvalue weighted by Gasteiger charge is -2.15. The second-order valence-electron chi connectivity index (χ2n) is 6.27. The van der Waals surface area contributed by atoms with Gasteiger partial charge in [-0.25, -0.2) is 4.68 Å². The molecule has 6 nitrogen and oxygen atoms in total. The van der Waals surface area contributed by atoms with Crippen molar-refractivity contribution in [3.05, 3.63) is 78.1 Å². The number of ether oxygens (including phenoxy) is 2. The van der Waals surface area contributed by atoms with Gasteiger partial charge in [0.1, 0.15) is 0 Å². The van der Waals surface area contributed by atoms with Crippen molar-refractivity contribution in [2.24, 2.45) is 0 Å². The Morgan fingerprint density at radius 1 is 1.19 bits per heavy atom. The first-order chi connectivity index (χ1) is 13.2. The largest absolute Gasteiger partial charge is 0.454 e. The lowest BCUT2D eigenvalue weighted by molar-refractivity contribution is -0.125. The van der Waals surface area contributed by atoms with Crippen LogP contribution in [0.25, 0.3) is 11.8 Å². The van der Waals surface area contributed by atoms with Crippen LogP contribution >= 0.6 is 0 Å². The second kappa shape index (κ2) is 7.37. The molecule has 0 atom stereocenters. The van der Waals surface area contributed by atoms with Crippen LogP contribution in [0.2, 0.25) is 0 Å². The van der Waals surface area contributed by atoms with Crippen LogP contribution in [0.15, 0.2) is 67.0 Å². The van der Waals surface area contributed by atoms with Gasteiger partial charge in [-0.05, 0) is 35.9 Å². The lowest BCUT2D eigenvalue weighted by atomic mass is 10.2. The standard InChI is InChI=1S/C21H19N3O3/c1-23(13-16-7-9-19-20(11-16)27-15-26-19)21(25)10-8-17-12-22-24(14-17)18-5-3-2-4-6-18/h2-12,14H,13,15H2,1H3. The highest BCUT2D eigenvalue weighted by Crippen LogP contribution is 2.32. The van der Waals surface area contributed by atoms with E-state index in [9.17, 15) is 4.79 Å². The van der Waals surface area contributed by atoms with E-state index in [0.29, 0.717) is 6.54 Å². The molecule has 2 aromatic carbocycles. The average molecular weight is 361 g/mol. The maximum Gasteiger partial charge on any atom is 0.246 e. The molecule has 2 heterocycles. The summed E-state index contributed by atoms with van der Waals surface area (Å²) >= 11 is 0. The summed E-state index contributed by atoms with van der Waals surface area (Å²) < 4.78 is 12.5. The maximum absolute atomic E-state index is 12.4. The molecule has 0 N–H and O–H groups in total. The number of aromatic nitrogens is 2. The summed E-state index contributed by atoms with van der Waals surface area (Å²) in [7, 11) is 1.77. The number of carbonyl (C=O) groups is 1. The van der Waals surface area contributed by atoms with E-state index in [2.05, 4.69) is 5.10 Å². The molecule has 1 aliphatic rings. The van der Waals surface area contributed by atoms with E-state index in [0.717, 1.165) is 28.3 Å². The van der Waals surface area contributed by atoms with Crippen LogP contribution in [0.3, 0.4) is 0 Å². The van der Waals surface area contributed by atoms with E-state index in [4.69, 9.17) is 9.47 Å². The summed E-state index contributed by atoms with van der Waals surface area (Å²) in [6, 6.07) is 15.5. The average Bonchev–Trinajstić information content (AvgIpc) is 3.35. The van der Waals surface area contributed by atoms with Crippen molar-refractivity contribution in [2.75, 3.05) is 13.8 Å². The zero-order valence-electron chi connectivity index (χ0n) is 14.9. The Hall–Kier alpha value is -3.54. The van der Waals surface area contributed by atoms with Gasteiger partial charge in [-0.15, -0.1) is 0 Å². The number of para-hydroxylation sites is 1. The molecule has 0 bridgehead atoms. The van der Waals surface area contributed by atoms with Crippen molar-refractivity contribution in [3.8, 4) is 17.2 Å². The Bertz CT molecular complexity index is 979. The fraction of sp³-hybridized carbons (Fsp3) is 0.143. The molecule has 0 saturated carbocycles. The van der Waals surface area contributed by atoms with Crippen molar-refractivity contribution in [2.45, 2.75) is 6.54 Å². The highest BCUT2D eigenvalue weighted by Gasteiger charge is 2.14. The van der Waals surface area contributed by atoms with Gasteiger partial charge < -0.3 is 14.4 Å². The molecule has 1 aliphatic heterocycles. The smallest absolute Gasteiger partial charge is 0.246 e. The predicted octanol–water partition coefficient (Wildman–Crippen LogP) is 3.27. The maximum atomic E-state index is 12.4. The van der Waals surface area contributed by atoms with Gasteiger partial charge in [0, 0.05) is 31.4 Å². The molecule has 4 rings (SSSR count). The van der Waals surface area contributed by atoms with E-state index in [1.807, 2.05) is 54.7 Å². The number of fused-ring (bicyclic) bond motifs is 1. The fourth-order valence-corrected chi connectivity index (χ4v) is 2.83. The van der Waals surface area contributed by atoms with Crippen molar-refractivity contribution < 1.29 is 14.3 Å². The zero-order valence-corrected chi connectivity index (χ0v) is 14.9. The number of hydrogen-bond acceptors (Lipinski definition) is 4. The van der Waals surface area contributed by atoms with Gasteiger partial charge in [-0.2, -0.15) is 5.10 Å². The summed E-state index contributed by atoms with van der Waals surface area (Å²) in [4.78, 5) is 14.0. The van der Waals surface area contributed by atoms with E-state index in [1.165, 1.54) is 0 Å². The van der Waals surface area contributed by atoms with Crippen LogP contribution in [0.4, 0.5) is 0 Å². The molecule has 0 fully saturated rings. The predicted molar refractivity (Wildman–Crippen MR) is 102 cm³/mol. The molecule has 0 saturated heterocycles. The molecule has 0 spiro atoms. The summed E-state index contributed by atoms with van der Waals surface area (Å²) in [6.07, 6.45) is 6.94. The first kappa shape index (κ1) is 16.9. The number of carbonyl (C=O) groups excluding carboxylic acids is 1. The third-order valence-corrected chi connectivity index (χ3v) is 4.27. The molecule has 3 aromatic rings. The summed E-state index contributed by atoms with van der Waals surface area (Å²) in [6.45, 7) is 0.732. The molecule has 0 aliphatic carbocycles. The molecule has 136 valence electrons. The first-order valence-corrected chi connectivity index (χ1v) is 8.61. The van der Waals surface area contributed by atoms with Crippen LogP contribution in [0, 0.1) is 0 Å². The number of nitrogens with zero attached hydrogens (tertiary/aromatic N) is 3. The van der Waals surface area contributed by atoms with Crippen LogP contribution in [-0.2, 0) is 11.3 Å². The van der Waals surface area contributed by atoms with Crippen molar-refractivity contribution in [3.63, 3.8) is 0 Å². The molecule has 1 amide bonds. The second-order valence-corrected chi connectivity index (χ2v) is 6.27. The van der Waals surface area contributed by atoms with Crippen molar-refractivity contribution in [1.29, 1.82) is 0 Å². The summed E-state index contributed by atoms with van der Waals surface area (Å²) in [5.74, 6) is 1.38. The minimum atomic E-state index is -0.0832. The van der Waals surface area contributed by atoms with Gasteiger partial charge in [-0.3, -0.25) is 4.79 Å². The van der Waals surface area contributed by atoms with Crippen LogP contribution in [-0.4, -0.2) is 34.4 Å². The van der Waals surface area contributed by atoms with E-state index in [1.54, 1.807) is 35.0 Å². The third kappa shape index (κ3) is 3.84. The highest BCUT2D eigenvalue weighted by atomic mass is 16.7. The Kier molecular flexibility index (Phi) is 4.61. The number of amides is 1. The summed E-state index contributed by atoms with van der Waals surface area (Å²) in [5, 5.41) is 4.33. The van der Waals surface area contributed by atoms with Gasteiger partial charge in [-0.1, -0.05) is 24.3 Å². The highest BCUT2D eigenvalue weighted by molar-refractivity contribution is 5.91. The molecule has 6 heteroatoms. The van der Waals surface area contributed by atoms with Gasteiger partial charge >= 0.3 is 0 Å². The van der Waals surface area contributed by atoms with Crippen LogP contribution < -0.4 is 9.47 Å². The monoisotopic (exact) mass is 361 g/mol. The Morgan fingerprint density at radius 3 is 2.85 bits per heavy atom. The van der Waals surface area contributed by atoms with Gasteiger partial charge in [0.2, 0.25) is 12.7 Å². The minimum Gasteiger partial charge on any atom is -0.454 e. The first-order valence-electron chi connectivity index (χ1n) is 8.61. The molecule has 0 unspecified atom stereocenters. The van der Waals surface area contributed by atoms with Gasteiger partial charge in [0.05, 0.1) is 11.9 Å². The topological polar surface area (TPSA) is 56.6 Å². The zero-order chi connectivity index (χ0) is 18.6. The van der Waals surface area contributed by atoms with E-state index in [-0.39, 0.29) is 12.7 Å². The number of likely N-dealkylation sites (N-methyl/N-ethyl adjacent to an activating group) is 1. The van der Waals surface area contributed by atoms with Gasteiger partial charge in [0.15, 0.2) is 11.5 Å². The number of rotatable bonds is 5.